The zero-order valence-electron chi connectivity index (χ0n) is 24.9. The normalized spacial score (nSPS) is 12.2. The number of carbonyl (C=O) groups excluding carboxylic acids is 1. The third kappa shape index (κ3) is 7.62. The van der Waals surface area contributed by atoms with Gasteiger partial charge in [0.15, 0.2) is 15.6 Å². The van der Waals surface area contributed by atoms with Crippen molar-refractivity contribution in [3.63, 3.8) is 0 Å². The number of anilines is 1. The van der Waals surface area contributed by atoms with Crippen LogP contribution in [0.1, 0.15) is 33.1 Å². The zero-order chi connectivity index (χ0) is 32.1. The van der Waals surface area contributed by atoms with Crippen molar-refractivity contribution >= 4 is 55.4 Å². The molecule has 0 saturated heterocycles. The van der Waals surface area contributed by atoms with Crippen molar-refractivity contribution < 1.29 is 27.4 Å². The monoisotopic (exact) mass is 666 g/mol. The number of benzene rings is 4. The Morgan fingerprint density at radius 3 is 2.49 bits per heavy atom. The van der Waals surface area contributed by atoms with E-state index in [9.17, 15) is 13.2 Å². The van der Waals surface area contributed by atoms with Crippen LogP contribution in [0, 0.1) is 6.92 Å². The summed E-state index contributed by atoms with van der Waals surface area (Å²) >= 11 is 12.7. The fourth-order valence-electron chi connectivity index (χ4n) is 4.96. The first-order valence-corrected chi connectivity index (χ1v) is 16.7. The van der Waals surface area contributed by atoms with Gasteiger partial charge in [0.05, 0.1) is 30.7 Å². The lowest BCUT2D eigenvalue weighted by atomic mass is 9.95. The highest BCUT2D eigenvalue weighted by atomic mass is 35.5. The summed E-state index contributed by atoms with van der Waals surface area (Å²) in [5.41, 5.74) is 3.87. The number of rotatable bonds is 13. The highest BCUT2D eigenvalue weighted by Gasteiger charge is 2.29. The minimum absolute atomic E-state index is 0.0380. The molecule has 5 aromatic rings. The van der Waals surface area contributed by atoms with E-state index in [4.69, 9.17) is 37.4 Å². The third-order valence-electron chi connectivity index (χ3n) is 7.32. The van der Waals surface area contributed by atoms with E-state index in [1.807, 2.05) is 37.3 Å². The van der Waals surface area contributed by atoms with E-state index in [0.717, 1.165) is 22.9 Å². The second-order valence-electron chi connectivity index (χ2n) is 10.5. The largest absolute Gasteiger partial charge is 0.497 e. The van der Waals surface area contributed by atoms with Crippen LogP contribution in [0.15, 0.2) is 90.0 Å². The van der Waals surface area contributed by atoms with E-state index in [1.165, 1.54) is 19.2 Å². The van der Waals surface area contributed by atoms with Crippen molar-refractivity contribution in [2.24, 2.45) is 0 Å². The molecule has 0 radical (unpaired) electrons. The molecule has 0 fully saturated rings. The smallest absolute Gasteiger partial charge is 0.191 e. The number of hydrogen-bond acceptors (Lipinski definition) is 7. The Balaban J connectivity index is 1.51. The number of carbonyl (C=O) groups is 1. The number of methoxy groups -OCH3 is 1. The van der Waals surface area contributed by atoms with Crippen LogP contribution < -0.4 is 14.8 Å². The number of H-pyrrole nitrogens is 1. The van der Waals surface area contributed by atoms with Gasteiger partial charge in [-0.25, -0.2) is 8.42 Å². The molecule has 45 heavy (non-hydrogen) atoms. The lowest BCUT2D eigenvalue weighted by Crippen LogP contribution is -2.22. The second kappa shape index (κ2) is 14.0. The van der Waals surface area contributed by atoms with Gasteiger partial charge in [0.1, 0.15) is 24.1 Å². The highest BCUT2D eigenvalue weighted by Crippen LogP contribution is 2.37. The summed E-state index contributed by atoms with van der Waals surface area (Å²) in [7, 11) is -2.15. The van der Waals surface area contributed by atoms with E-state index >= 15 is 0 Å². The first-order valence-electron chi connectivity index (χ1n) is 14.0. The number of aromatic amines is 1. The maximum Gasteiger partial charge on any atom is 0.191 e. The second-order valence-corrected chi connectivity index (χ2v) is 13.3. The van der Waals surface area contributed by atoms with Gasteiger partial charge >= 0.3 is 0 Å². The quantitative estimate of drug-likeness (QED) is 0.0974. The van der Waals surface area contributed by atoms with Gasteiger partial charge in [-0.1, -0.05) is 65.7 Å². The maximum atomic E-state index is 14.4. The summed E-state index contributed by atoms with van der Waals surface area (Å²) in [4.78, 5) is 17.7. The van der Waals surface area contributed by atoms with Crippen LogP contribution in [0.2, 0.25) is 10.0 Å². The summed E-state index contributed by atoms with van der Waals surface area (Å²) < 4.78 is 42.3. The molecule has 1 heterocycles. The lowest BCUT2D eigenvalue weighted by molar-refractivity contribution is 0.0880. The van der Waals surface area contributed by atoms with Crippen LogP contribution in [0.4, 0.5) is 5.69 Å². The number of hydrogen-bond donors (Lipinski definition) is 2. The molecule has 0 unspecified atom stereocenters. The first kappa shape index (κ1) is 32.4. The average Bonchev–Trinajstić information content (AvgIpc) is 3.46. The number of ether oxygens (including phenoxy) is 3. The molecular weight excluding hydrogens is 635 g/mol. The van der Waals surface area contributed by atoms with Crippen LogP contribution in [-0.4, -0.2) is 45.8 Å². The molecule has 0 aliphatic heterocycles. The summed E-state index contributed by atoms with van der Waals surface area (Å²) in [6.45, 7) is 2.79. The number of sulfone groups is 1. The molecule has 8 nitrogen and oxygen atoms in total. The Hall–Kier alpha value is -4.02. The van der Waals surface area contributed by atoms with E-state index in [0.29, 0.717) is 57.0 Å². The SMILES string of the molecule is COc1cc(N[C@@H](C(=O)c2c[nH]c3c(C)c(Cl)ccc23)c2ccc(Cl)cc2OCCOCc2ccccc2)cc(S(C)(=O)=O)c1. The molecule has 0 bridgehead atoms. The fraction of sp³-hybridized carbons (Fsp3) is 0.206. The Bertz CT molecular complexity index is 1940. The van der Waals surface area contributed by atoms with Crippen molar-refractivity contribution in [1.82, 2.24) is 4.98 Å². The zero-order valence-corrected chi connectivity index (χ0v) is 27.2. The number of fused-ring (bicyclic) bond motifs is 1. The molecule has 4 aromatic carbocycles. The number of ketones is 1. The summed E-state index contributed by atoms with van der Waals surface area (Å²) in [6, 6.07) is 21.9. The first-order chi connectivity index (χ1) is 21.5. The molecule has 0 aliphatic carbocycles. The molecule has 2 N–H and O–H groups in total. The van der Waals surface area contributed by atoms with Crippen molar-refractivity contribution in [3.05, 3.63) is 117 Å². The van der Waals surface area contributed by atoms with Crippen LogP contribution in [0.5, 0.6) is 11.5 Å². The molecule has 0 saturated carbocycles. The summed E-state index contributed by atoms with van der Waals surface area (Å²) in [5.74, 6) is 0.397. The van der Waals surface area contributed by atoms with E-state index < -0.39 is 15.9 Å². The standard InChI is InChI=1S/C34H32Cl2N2O6S/c1-21-30(36)12-11-27-29(19-37-32(21)27)34(39)33(38-24-16-25(42-2)18-26(17-24)45(3,40)41)28-10-9-23(35)15-31(28)44-14-13-43-20-22-7-5-4-6-8-22/h4-12,15-19,33,37-38H,13-14,20H2,1-3H3/t33-/m1/s1. The fourth-order valence-corrected chi connectivity index (χ4v) is 5.95. The minimum Gasteiger partial charge on any atom is -0.497 e. The van der Waals surface area contributed by atoms with Gasteiger partial charge in [-0.2, -0.15) is 0 Å². The Labute approximate surface area is 272 Å². The topological polar surface area (TPSA) is 107 Å². The molecule has 0 amide bonds. The Morgan fingerprint density at radius 1 is 0.978 bits per heavy atom. The van der Waals surface area contributed by atoms with Crippen molar-refractivity contribution in [1.29, 1.82) is 0 Å². The molecule has 5 rings (SSSR count). The van der Waals surface area contributed by atoms with Crippen molar-refractivity contribution in [2.75, 3.05) is 31.9 Å². The molecule has 234 valence electrons. The number of aryl methyl sites for hydroxylation is 1. The predicted octanol–water partition coefficient (Wildman–Crippen LogP) is 7.83. The van der Waals surface area contributed by atoms with Gasteiger partial charge in [-0.15, -0.1) is 0 Å². The number of Topliss-reactive ketones (excluding diaryl/α,β-unsaturated/α-hetero) is 1. The van der Waals surface area contributed by atoms with E-state index in [1.54, 1.807) is 42.6 Å². The van der Waals surface area contributed by atoms with Gasteiger partial charge in [0.2, 0.25) is 0 Å². The van der Waals surface area contributed by atoms with Gasteiger partial charge in [0, 0.05) is 50.8 Å². The maximum absolute atomic E-state index is 14.4. The van der Waals surface area contributed by atoms with Gasteiger partial charge < -0.3 is 24.5 Å². The Kier molecular flexibility index (Phi) is 10.0. The number of aromatic nitrogens is 1. The molecule has 0 spiro atoms. The van der Waals surface area contributed by atoms with Crippen LogP contribution in [0.25, 0.3) is 10.9 Å². The van der Waals surface area contributed by atoms with Crippen molar-refractivity contribution in [2.45, 2.75) is 24.5 Å². The summed E-state index contributed by atoms with van der Waals surface area (Å²) in [5, 5.41) is 4.95. The summed E-state index contributed by atoms with van der Waals surface area (Å²) in [6.07, 6.45) is 2.75. The van der Waals surface area contributed by atoms with Crippen LogP contribution in [-0.2, 0) is 21.2 Å². The van der Waals surface area contributed by atoms with Crippen molar-refractivity contribution in [3.8, 4) is 11.5 Å². The number of nitrogens with one attached hydrogen (secondary N) is 2. The van der Waals surface area contributed by atoms with E-state index in [2.05, 4.69) is 10.3 Å². The van der Waals surface area contributed by atoms with Crippen LogP contribution >= 0.6 is 23.2 Å². The molecule has 0 aliphatic rings. The third-order valence-corrected chi connectivity index (χ3v) is 9.05. The van der Waals surface area contributed by atoms with Crippen LogP contribution in [0.3, 0.4) is 0 Å². The van der Waals surface area contributed by atoms with Gasteiger partial charge in [-0.05, 0) is 48.4 Å². The highest BCUT2D eigenvalue weighted by molar-refractivity contribution is 7.90. The number of halogens is 2. The van der Waals surface area contributed by atoms with Gasteiger partial charge in [-0.3, -0.25) is 4.79 Å². The predicted molar refractivity (Wildman–Crippen MR) is 178 cm³/mol. The minimum atomic E-state index is -3.59. The Morgan fingerprint density at radius 2 is 1.76 bits per heavy atom. The molecule has 1 aromatic heterocycles. The van der Waals surface area contributed by atoms with Gasteiger partial charge in [0.25, 0.3) is 0 Å². The van der Waals surface area contributed by atoms with E-state index in [-0.39, 0.29) is 17.3 Å². The average molecular weight is 668 g/mol. The molecule has 1 atom stereocenters. The molecular formula is C34H32Cl2N2O6S. The lowest BCUT2D eigenvalue weighted by Gasteiger charge is -2.23. The molecule has 11 heteroatoms.